The summed E-state index contributed by atoms with van der Waals surface area (Å²) in [5, 5.41) is 1.07. The number of thiazole rings is 1. The lowest BCUT2D eigenvalue weighted by Crippen LogP contribution is -2.37. The molecule has 1 aromatic heterocycles. The molecule has 2 rings (SSSR count). The highest BCUT2D eigenvalue weighted by atomic mass is 32.2. The lowest BCUT2D eigenvalue weighted by Gasteiger charge is -2.26. The molecule has 0 N–H and O–H groups in total. The van der Waals surface area contributed by atoms with E-state index in [4.69, 9.17) is 4.74 Å². The van der Waals surface area contributed by atoms with Crippen LogP contribution in [0.25, 0.3) is 0 Å². The summed E-state index contributed by atoms with van der Waals surface area (Å²) in [6.45, 7) is 4.30. The molecular formula is C14H24N2O3S2. The van der Waals surface area contributed by atoms with Crippen LogP contribution in [0.1, 0.15) is 41.3 Å². The number of ether oxygens (including phenoxy) is 1. The Bertz CT molecular complexity index is 583. The van der Waals surface area contributed by atoms with Gasteiger partial charge in [0, 0.05) is 31.5 Å². The van der Waals surface area contributed by atoms with Gasteiger partial charge in [-0.15, -0.1) is 11.3 Å². The molecule has 5 nitrogen and oxygen atoms in total. The first kappa shape index (κ1) is 16.9. The fraction of sp³-hybridized carbons (Fsp3) is 0.786. The summed E-state index contributed by atoms with van der Waals surface area (Å²) in [7, 11) is -0.0914. The first-order valence-corrected chi connectivity index (χ1v) is 9.69. The highest BCUT2D eigenvalue weighted by Gasteiger charge is 2.29. The van der Waals surface area contributed by atoms with Gasteiger partial charge in [0.15, 0.2) is 0 Å². The highest BCUT2D eigenvalue weighted by molar-refractivity contribution is 7.89. The zero-order chi connectivity index (χ0) is 15.6. The van der Waals surface area contributed by atoms with Crippen molar-refractivity contribution in [3.8, 4) is 0 Å². The Hall–Kier alpha value is -0.500. The number of hydrogen-bond acceptors (Lipinski definition) is 5. The van der Waals surface area contributed by atoms with Crippen molar-refractivity contribution < 1.29 is 13.2 Å². The molecule has 0 saturated heterocycles. The molecule has 0 bridgehead atoms. The van der Waals surface area contributed by atoms with Gasteiger partial charge in [-0.1, -0.05) is 0 Å². The summed E-state index contributed by atoms with van der Waals surface area (Å²) >= 11 is 1.74. The van der Waals surface area contributed by atoms with Crippen molar-refractivity contribution in [3.05, 3.63) is 15.6 Å². The van der Waals surface area contributed by atoms with Gasteiger partial charge in [-0.25, -0.2) is 17.7 Å². The van der Waals surface area contributed by atoms with Crippen LogP contribution in [0.15, 0.2) is 0 Å². The number of likely N-dealkylation sites (N-methyl/N-ethyl adjacent to an activating group) is 1. The Kier molecular flexibility index (Phi) is 5.40. The highest BCUT2D eigenvalue weighted by Crippen LogP contribution is 2.35. The minimum Gasteiger partial charge on any atom is -0.381 e. The summed E-state index contributed by atoms with van der Waals surface area (Å²) in [6.07, 6.45) is 2.91. The van der Waals surface area contributed by atoms with Crippen LogP contribution in [0.3, 0.4) is 0 Å². The Morgan fingerprint density at radius 1 is 1.52 bits per heavy atom. The van der Waals surface area contributed by atoms with Gasteiger partial charge in [-0.2, -0.15) is 0 Å². The predicted molar refractivity (Wildman–Crippen MR) is 85.4 cm³/mol. The van der Waals surface area contributed by atoms with E-state index in [1.54, 1.807) is 25.3 Å². The van der Waals surface area contributed by atoms with Crippen molar-refractivity contribution in [2.45, 2.75) is 45.1 Å². The second kappa shape index (κ2) is 6.73. The zero-order valence-electron chi connectivity index (χ0n) is 13.1. The largest absolute Gasteiger partial charge is 0.381 e. The molecule has 21 heavy (non-hydrogen) atoms. The molecule has 0 amide bonds. The van der Waals surface area contributed by atoms with Crippen molar-refractivity contribution in [3.63, 3.8) is 0 Å². The van der Waals surface area contributed by atoms with Crippen LogP contribution in [0.2, 0.25) is 0 Å². The molecule has 1 aliphatic rings. The predicted octanol–water partition coefficient (Wildman–Crippen LogP) is 2.17. The molecular weight excluding hydrogens is 308 g/mol. The maximum Gasteiger partial charge on any atom is 0.216 e. The lowest BCUT2D eigenvalue weighted by atomic mass is 9.91. The standard InChI is InChI=1S/C14H24N2O3S2/c1-10(19-4)9-21(17,18)16(3)8-12-6-5-7-13-14(12)15-11(2)20-13/h10,12H,5-9H2,1-4H3/t10-,12+/m1/s1. The number of nitrogens with zero attached hydrogens (tertiary/aromatic N) is 2. The number of methoxy groups -OCH3 is 1. The quantitative estimate of drug-likeness (QED) is 0.801. The number of aryl methyl sites for hydroxylation is 2. The summed E-state index contributed by atoms with van der Waals surface area (Å²) in [6, 6.07) is 0. The summed E-state index contributed by atoms with van der Waals surface area (Å²) in [5.41, 5.74) is 1.12. The number of aromatic nitrogens is 1. The molecule has 0 unspecified atom stereocenters. The molecule has 120 valence electrons. The van der Waals surface area contributed by atoms with E-state index >= 15 is 0 Å². The second-order valence-corrected chi connectivity index (χ2v) is 9.14. The van der Waals surface area contributed by atoms with E-state index < -0.39 is 10.0 Å². The van der Waals surface area contributed by atoms with Crippen molar-refractivity contribution in [1.82, 2.24) is 9.29 Å². The van der Waals surface area contributed by atoms with E-state index in [1.165, 1.54) is 16.3 Å². The average Bonchev–Trinajstić information content (AvgIpc) is 2.79. The van der Waals surface area contributed by atoms with E-state index in [9.17, 15) is 8.42 Å². The molecule has 1 aromatic rings. The maximum absolute atomic E-state index is 12.3. The Balaban J connectivity index is 2.08. The van der Waals surface area contributed by atoms with Gasteiger partial charge in [-0.05, 0) is 33.1 Å². The molecule has 1 heterocycles. The minimum atomic E-state index is -3.28. The van der Waals surface area contributed by atoms with Crippen molar-refractivity contribution in [2.24, 2.45) is 0 Å². The molecule has 0 aromatic carbocycles. The Morgan fingerprint density at radius 2 is 2.24 bits per heavy atom. The number of sulfonamides is 1. The van der Waals surface area contributed by atoms with E-state index in [0.717, 1.165) is 30.0 Å². The molecule has 0 aliphatic heterocycles. The van der Waals surface area contributed by atoms with E-state index in [1.807, 2.05) is 6.92 Å². The normalized spacial score (nSPS) is 20.5. The molecule has 0 fully saturated rings. The zero-order valence-corrected chi connectivity index (χ0v) is 14.8. The number of hydrogen-bond donors (Lipinski definition) is 0. The smallest absolute Gasteiger partial charge is 0.216 e. The molecule has 2 atom stereocenters. The van der Waals surface area contributed by atoms with Crippen LogP contribution >= 0.6 is 11.3 Å². The lowest BCUT2D eigenvalue weighted by molar-refractivity contribution is 0.135. The van der Waals surface area contributed by atoms with Crippen LogP contribution in [-0.2, 0) is 21.2 Å². The maximum atomic E-state index is 12.3. The number of fused-ring (bicyclic) bond motifs is 1. The van der Waals surface area contributed by atoms with Gasteiger partial charge in [0.1, 0.15) is 0 Å². The Labute approximate surface area is 131 Å². The molecule has 0 radical (unpaired) electrons. The summed E-state index contributed by atoms with van der Waals surface area (Å²) in [4.78, 5) is 5.95. The van der Waals surface area contributed by atoms with E-state index in [-0.39, 0.29) is 17.8 Å². The van der Waals surface area contributed by atoms with Crippen LogP contribution in [0.5, 0.6) is 0 Å². The molecule has 0 saturated carbocycles. The van der Waals surface area contributed by atoms with Gasteiger partial charge in [0.25, 0.3) is 0 Å². The average molecular weight is 332 g/mol. The topological polar surface area (TPSA) is 59.5 Å². The third-order valence-corrected chi connectivity index (χ3v) is 7.01. The van der Waals surface area contributed by atoms with Gasteiger partial charge in [0.2, 0.25) is 10.0 Å². The van der Waals surface area contributed by atoms with Gasteiger partial charge >= 0.3 is 0 Å². The third-order valence-electron chi connectivity index (χ3n) is 3.98. The fourth-order valence-corrected chi connectivity index (χ4v) is 5.18. The summed E-state index contributed by atoms with van der Waals surface area (Å²) < 4.78 is 31.2. The fourth-order valence-electron chi connectivity index (χ4n) is 2.72. The van der Waals surface area contributed by atoms with Crippen LogP contribution in [-0.4, -0.2) is 50.3 Å². The van der Waals surface area contributed by atoms with Crippen LogP contribution < -0.4 is 0 Å². The minimum absolute atomic E-state index is 0.0235. The van der Waals surface area contributed by atoms with Crippen molar-refractivity contribution in [2.75, 3.05) is 26.5 Å². The Morgan fingerprint density at radius 3 is 2.90 bits per heavy atom. The third kappa shape index (κ3) is 4.03. The molecule has 0 spiro atoms. The van der Waals surface area contributed by atoms with E-state index in [0.29, 0.717) is 6.54 Å². The summed E-state index contributed by atoms with van der Waals surface area (Å²) in [5.74, 6) is 0.242. The first-order valence-electron chi connectivity index (χ1n) is 7.26. The van der Waals surface area contributed by atoms with Crippen molar-refractivity contribution >= 4 is 21.4 Å². The van der Waals surface area contributed by atoms with Gasteiger partial charge in [0.05, 0.1) is 22.6 Å². The van der Waals surface area contributed by atoms with E-state index in [2.05, 4.69) is 4.98 Å². The second-order valence-electron chi connectivity index (χ2n) is 5.74. The van der Waals surface area contributed by atoms with Crippen LogP contribution in [0.4, 0.5) is 0 Å². The first-order chi connectivity index (χ1) is 9.83. The SMILES string of the molecule is CO[C@H](C)CS(=O)(=O)N(C)C[C@@H]1CCCc2sc(C)nc21. The number of rotatable bonds is 6. The molecule has 7 heteroatoms. The van der Waals surface area contributed by atoms with Crippen molar-refractivity contribution in [1.29, 1.82) is 0 Å². The van der Waals surface area contributed by atoms with Gasteiger partial charge < -0.3 is 4.74 Å². The molecule has 1 aliphatic carbocycles. The monoisotopic (exact) mass is 332 g/mol. The van der Waals surface area contributed by atoms with Gasteiger partial charge in [-0.3, -0.25) is 0 Å². The van der Waals surface area contributed by atoms with Crippen LogP contribution in [0, 0.1) is 6.92 Å².